The molecule has 128 valence electrons. The number of aromatic nitrogens is 1. The van der Waals surface area contributed by atoms with Gasteiger partial charge in [-0.15, -0.1) is 0 Å². The quantitative estimate of drug-likeness (QED) is 0.832. The van der Waals surface area contributed by atoms with Gasteiger partial charge in [-0.2, -0.15) is 0 Å². The maximum absolute atomic E-state index is 12.6. The van der Waals surface area contributed by atoms with Gasteiger partial charge in [-0.05, 0) is 30.9 Å². The summed E-state index contributed by atoms with van der Waals surface area (Å²) in [6.45, 7) is 4.41. The van der Waals surface area contributed by atoms with Gasteiger partial charge in [-0.1, -0.05) is 13.8 Å². The Kier molecular flexibility index (Phi) is 4.51. The van der Waals surface area contributed by atoms with Crippen LogP contribution >= 0.6 is 0 Å². The smallest absolute Gasteiger partial charge is 0.253 e. The Balaban J connectivity index is 1.66. The lowest BCUT2D eigenvalue weighted by atomic mass is 9.99. The van der Waals surface area contributed by atoms with Crippen molar-refractivity contribution in [2.75, 3.05) is 6.54 Å². The van der Waals surface area contributed by atoms with Crippen molar-refractivity contribution in [1.82, 2.24) is 20.5 Å². The molecule has 1 aromatic rings. The zero-order chi connectivity index (χ0) is 17.3. The molecule has 0 aromatic carbocycles. The Morgan fingerprint density at radius 3 is 2.92 bits per heavy atom. The molecule has 7 heteroatoms. The summed E-state index contributed by atoms with van der Waals surface area (Å²) in [6, 6.07) is 2.21. The number of piperazine rings is 1. The monoisotopic (exact) mass is 330 g/mol. The standard InChI is InChI=1S/C17H22N4O3/c1-10(2)6-13-17(24)21-9-12(7-14(21)16(23)20-13)19-15(22)11-4-3-5-18-8-11/h3-5,8,10,12-14H,6-7,9H2,1-2H3,(H,19,22)(H,20,23)/t12-,13-,14-/m0/s1. The van der Waals surface area contributed by atoms with Crippen LogP contribution in [0.3, 0.4) is 0 Å². The molecular weight excluding hydrogens is 308 g/mol. The summed E-state index contributed by atoms with van der Waals surface area (Å²) >= 11 is 0. The Morgan fingerprint density at radius 2 is 2.25 bits per heavy atom. The molecule has 2 fully saturated rings. The van der Waals surface area contributed by atoms with Crippen molar-refractivity contribution in [2.24, 2.45) is 5.92 Å². The summed E-state index contributed by atoms with van der Waals surface area (Å²) in [5.74, 6) is -0.0937. The van der Waals surface area contributed by atoms with Crippen molar-refractivity contribution < 1.29 is 14.4 Å². The van der Waals surface area contributed by atoms with E-state index < -0.39 is 12.1 Å². The second-order valence-corrected chi connectivity index (χ2v) is 6.84. The number of nitrogens with one attached hydrogen (secondary N) is 2. The summed E-state index contributed by atoms with van der Waals surface area (Å²) in [5.41, 5.74) is 0.468. The van der Waals surface area contributed by atoms with E-state index >= 15 is 0 Å². The molecule has 2 aliphatic rings. The van der Waals surface area contributed by atoms with E-state index in [2.05, 4.69) is 15.6 Å². The summed E-state index contributed by atoms with van der Waals surface area (Å²) < 4.78 is 0. The van der Waals surface area contributed by atoms with Crippen LogP contribution in [-0.4, -0.2) is 52.3 Å². The molecule has 0 saturated carbocycles. The average Bonchev–Trinajstić information content (AvgIpc) is 2.97. The van der Waals surface area contributed by atoms with Gasteiger partial charge >= 0.3 is 0 Å². The Morgan fingerprint density at radius 1 is 1.46 bits per heavy atom. The minimum absolute atomic E-state index is 0.0496. The molecular formula is C17H22N4O3. The van der Waals surface area contributed by atoms with Crippen molar-refractivity contribution in [3.8, 4) is 0 Å². The van der Waals surface area contributed by atoms with E-state index in [1.165, 1.54) is 6.20 Å². The fraction of sp³-hybridized carbons (Fsp3) is 0.529. The van der Waals surface area contributed by atoms with E-state index in [1.807, 2.05) is 13.8 Å². The van der Waals surface area contributed by atoms with Gasteiger partial charge in [0, 0.05) is 25.0 Å². The number of nitrogens with zero attached hydrogens (tertiary/aromatic N) is 2. The van der Waals surface area contributed by atoms with E-state index in [-0.39, 0.29) is 23.8 Å². The fourth-order valence-corrected chi connectivity index (χ4v) is 3.36. The highest BCUT2D eigenvalue weighted by Gasteiger charge is 2.46. The molecule has 3 heterocycles. The van der Waals surface area contributed by atoms with Crippen LogP contribution in [-0.2, 0) is 9.59 Å². The lowest BCUT2D eigenvalue weighted by Gasteiger charge is -2.35. The molecule has 0 unspecified atom stereocenters. The SMILES string of the molecule is CC(C)C[C@@H]1NC(=O)[C@@H]2C[C@H](NC(=O)c3cccnc3)CN2C1=O. The highest BCUT2D eigenvalue weighted by molar-refractivity contribution is 5.98. The summed E-state index contributed by atoms with van der Waals surface area (Å²) in [7, 11) is 0. The largest absolute Gasteiger partial charge is 0.347 e. The van der Waals surface area contributed by atoms with E-state index in [9.17, 15) is 14.4 Å². The molecule has 0 aliphatic carbocycles. The Labute approximate surface area is 140 Å². The van der Waals surface area contributed by atoms with Crippen LogP contribution in [0.25, 0.3) is 0 Å². The number of hydrogen-bond acceptors (Lipinski definition) is 4. The van der Waals surface area contributed by atoms with Crippen molar-refractivity contribution in [1.29, 1.82) is 0 Å². The number of hydrogen-bond donors (Lipinski definition) is 2. The van der Waals surface area contributed by atoms with Gasteiger partial charge in [-0.25, -0.2) is 0 Å². The molecule has 2 N–H and O–H groups in total. The van der Waals surface area contributed by atoms with E-state index in [0.29, 0.717) is 30.9 Å². The third-order valence-electron chi connectivity index (χ3n) is 4.47. The molecule has 7 nitrogen and oxygen atoms in total. The normalized spacial score (nSPS) is 26.3. The first-order valence-corrected chi connectivity index (χ1v) is 8.27. The molecule has 0 radical (unpaired) electrons. The molecule has 3 atom stereocenters. The van der Waals surface area contributed by atoms with Gasteiger partial charge in [0.1, 0.15) is 12.1 Å². The maximum atomic E-state index is 12.6. The highest BCUT2D eigenvalue weighted by Crippen LogP contribution is 2.24. The van der Waals surface area contributed by atoms with Crippen molar-refractivity contribution in [3.63, 3.8) is 0 Å². The molecule has 3 rings (SSSR count). The predicted molar refractivity (Wildman–Crippen MR) is 87.0 cm³/mol. The minimum Gasteiger partial charge on any atom is -0.347 e. The van der Waals surface area contributed by atoms with Crippen LogP contribution in [0.4, 0.5) is 0 Å². The zero-order valence-corrected chi connectivity index (χ0v) is 13.9. The summed E-state index contributed by atoms with van der Waals surface area (Å²) in [6.07, 6.45) is 4.16. The molecule has 24 heavy (non-hydrogen) atoms. The number of carbonyl (C=O) groups is 3. The van der Waals surface area contributed by atoms with Crippen LogP contribution < -0.4 is 10.6 Å². The fourth-order valence-electron chi connectivity index (χ4n) is 3.36. The molecule has 0 spiro atoms. The Bertz CT molecular complexity index is 646. The first-order valence-electron chi connectivity index (χ1n) is 8.27. The van der Waals surface area contributed by atoms with E-state index in [0.717, 1.165) is 0 Å². The third-order valence-corrected chi connectivity index (χ3v) is 4.47. The third kappa shape index (κ3) is 3.25. The van der Waals surface area contributed by atoms with Gasteiger partial charge < -0.3 is 15.5 Å². The number of carbonyl (C=O) groups excluding carboxylic acids is 3. The van der Waals surface area contributed by atoms with Crippen LogP contribution in [0.2, 0.25) is 0 Å². The van der Waals surface area contributed by atoms with Crippen LogP contribution in [0.15, 0.2) is 24.5 Å². The second kappa shape index (κ2) is 6.59. The molecule has 2 aliphatic heterocycles. The maximum Gasteiger partial charge on any atom is 0.253 e. The molecule has 0 bridgehead atoms. The van der Waals surface area contributed by atoms with Gasteiger partial charge in [0.2, 0.25) is 11.8 Å². The van der Waals surface area contributed by atoms with Gasteiger partial charge in [0.25, 0.3) is 5.91 Å². The predicted octanol–water partition coefficient (Wildman–Crippen LogP) is 0.325. The lowest BCUT2D eigenvalue weighted by molar-refractivity contribution is -0.147. The summed E-state index contributed by atoms with van der Waals surface area (Å²) in [4.78, 5) is 42.6. The van der Waals surface area contributed by atoms with Crippen LogP contribution in [0.1, 0.15) is 37.0 Å². The topological polar surface area (TPSA) is 91.4 Å². The number of pyridine rings is 1. The van der Waals surface area contributed by atoms with Gasteiger partial charge in [0.15, 0.2) is 0 Å². The molecule has 1 aromatic heterocycles. The first kappa shape index (κ1) is 16.4. The minimum atomic E-state index is -0.486. The van der Waals surface area contributed by atoms with Gasteiger partial charge in [0.05, 0.1) is 5.56 Å². The van der Waals surface area contributed by atoms with Crippen molar-refractivity contribution in [3.05, 3.63) is 30.1 Å². The molecule has 2 saturated heterocycles. The second-order valence-electron chi connectivity index (χ2n) is 6.84. The van der Waals surface area contributed by atoms with Crippen LogP contribution in [0, 0.1) is 5.92 Å². The zero-order valence-electron chi connectivity index (χ0n) is 13.9. The van der Waals surface area contributed by atoms with Crippen molar-refractivity contribution in [2.45, 2.75) is 44.8 Å². The highest BCUT2D eigenvalue weighted by atomic mass is 16.2. The molecule has 3 amide bonds. The van der Waals surface area contributed by atoms with E-state index in [4.69, 9.17) is 0 Å². The van der Waals surface area contributed by atoms with E-state index in [1.54, 1.807) is 23.2 Å². The van der Waals surface area contributed by atoms with Gasteiger partial charge in [-0.3, -0.25) is 19.4 Å². The Hall–Kier alpha value is -2.44. The van der Waals surface area contributed by atoms with Crippen LogP contribution in [0.5, 0.6) is 0 Å². The van der Waals surface area contributed by atoms with Crippen molar-refractivity contribution >= 4 is 17.7 Å². The average molecular weight is 330 g/mol. The lowest BCUT2D eigenvalue weighted by Crippen LogP contribution is -2.61. The number of fused-ring (bicyclic) bond motifs is 1. The summed E-state index contributed by atoms with van der Waals surface area (Å²) in [5, 5.41) is 5.72. The number of amides is 3. The first-order chi connectivity index (χ1) is 11.5. The number of rotatable bonds is 4.